The van der Waals surface area contributed by atoms with Gasteiger partial charge in [0.25, 0.3) is 0 Å². The van der Waals surface area contributed by atoms with E-state index in [9.17, 15) is 29.1 Å². The molecule has 0 aromatic rings. The van der Waals surface area contributed by atoms with Gasteiger partial charge in [-0.15, -0.1) is 0 Å². The number of nitrogens with one attached hydrogen (secondary N) is 5. The zero-order chi connectivity index (χ0) is 46.1. The van der Waals surface area contributed by atoms with E-state index in [1.54, 1.807) is 0 Å². The summed E-state index contributed by atoms with van der Waals surface area (Å²) < 4.78 is 0. The fraction of sp³-hybridized carbons (Fsp3) is 0.891. The molecule has 16 heteroatoms. The third-order valence-corrected chi connectivity index (χ3v) is 11.5. The first-order valence-electron chi connectivity index (χ1n) is 24.8. The largest absolute Gasteiger partial charge is 0.480 e. The van der Waals surface area contributed by atoms with E-state index in [-0.39, 0.29) is 25.2 Å². The van der Waals surface area contributed by atoms with Crippen LogP contribution >= 0.6 is 0 Å². The minimum absolute atomic E-state index is 0.194. The fourth-order valence-electron chi connectivity index (χ4n) is 7.54. The van der Waals surface area contributed by atoms with Crippen molar-refractivity contribution in [2.24, 2.45) is 28.7 Å². The van der Waals surface area contributed by atoms with Crippen molar-refractivity contribution in [3.63, 3.8) is 0 Å². The predicted molar refractivity (Wildman–Crippen MR) is 252 cm³/mol. The van der Waals surface area contributed by atoms with Gasteiger partial charge in [0, 0.05) is 0 Å². The number of hydrogen-bond donors (Lipinski definition) is 11. The number of carboxylic acid groups (broad SMARTS) is 1. The number of carbonyl (C=O) groups excluding carboxylic acids is 4. The average molecular weight is 883 g/mol. The van der Waals surface area contributed by atoms with Gasteiger partial charge in [-0.05, 0) is 136 Å². The fourth-order valence-corrected chi connectivity index (χ4v) is 7.54. The van der Waals surface area contributed by atoms with Crippen LogP contribution in [0.25, 0.3) is 0 Å². The van der Waals surface area contributed by atoms with Crippen LogP contribution in [0.1, 0.15) is 193 Å². The summed E-state index contributed by atoms with van der Waals surface area (Å²) in [5.41, 5.74) is 28.6. The van der Waals surface area contributed by atoms with E-state index in [0.29, 0.717) is 103 Å². The lowest BCUT2D eigenvalue weighted by Crippen LogP contribution is -2.58. The summed E-state index contributed by atoms with van der Waals surface area (Å²) in [5.74, 6) is -3.17. The molecule has 4 amide bonds. The van der Waals surface area contributed by atoms with Crippen LogP contribution in [0.15, 0.2) is 0 Å². The highest BCUT2D eigenvalue weighted by atomic mass is 16.4. The molecule has 5 atom stereocenters. The lowest BCUT2D eigenvalue weighted by molar-refractivity contribution is -0.142. The smallest absolute Gasteiger partial charge is 0.326 e. The maximum atomic E-state index is 14.0. The van der Waals surface area contributed by atoms with E-state index in [1.807, 2.05) is 0 Å². The van der Waals surface area contributed by atoms with Crippen molar-refractivity contribution in [2.45, 2.75) is 223 Å². The zero-order valence-corrected chi connectivity index (χ0v) is 39.0. The first kappa shape index (κ1) is 59.1. The van der Waals surface area contributed by atoms with Crippen molar-refractivity contribution >= 4 is 29.6 Å². The first-order chi connectivity index (χ1) is 30.1. The highest BCUT2D eigenvalue weighted by Gasteiger charge is 2.32. The molecule has 0 aliphatic carbocycles. The Morgan fingerprint density at radius 1 is 0.355 bits per heavy atom. The van der Waals surface area contributed by atoms with Gasteiger partial charge in [0.1, 0.15) is 24.2 Å². The lowest BCUT2D eigenvalue weighted by Gasteiger charge is -2.27. The minimum atomic E-state index is -1.18. The van der Waals surface area contributed by atoms with Gasteiger partial charge >= 0.3 is 5.97 Å². The van der Waals surface area contributed by atoms with Crippen molar-refractivity contribution in [1.29, 1.82) is 0 Å². The van der Waals surface area contributed by atoms with Crippen LogP contribution in [0.4, 0.5) is 0 Å². The second-order valence-electron chi connectivity index (χ2n) is 17.1. The number of nitrogens with two attached hydrogens (primary N) is 5. The van der Waals surface area contributed by atoms with Crippen molar-refractivity contribution in [2.75, 3.05) is 39.3 Å². The van der Waals surface area contributed by atoms with Gasteiger partial charge < -0.3 is 60.4 Å². The van der Waals surface area contributed by atoms with Crippen LogP contribution in [-0.2, 0) is 24.0 Å². The SMILES string of the molecule is CCCCCCCCCCCCCCCCNC(CCCCN)C(=O)NC(CCCCN)C(=O)NC(CCCCN)C(=O)NC(CCCCN)C(=O)NC(CCCCN)C(=O)O. The third-order valence-electron chi connectivity index (χ3n) is 11.5. The molecule has 364 valence electrons. The Morgan fingerprint density at radius 2 is 0.613 bits per heavy atom. The Labute approximate surface area is 375 Å². The maximum absolute atomic E-state index is 14.0. The van der Waals surface area contributed by atoms with Gasteiger partial charge in [0.05, 0.1) is 6.04 Å². The molecule has 0 aromatic carbocycles. The molecule has 0 radical (unpaired) electrons. The Kier molecular flexibility index (Phi) is 40.1. The second kappa shape index (κ2) is 42.1. The van der Waals surface area contributed by atoms with Gasteiger partial charge in [0.15, 0.2) is 0 Å². The van der Waals surface area contributed by atoms with E-state index in [4.69, 9.17) is 28.7 Å². The van der Waals surface area contributed by atoms with E-state index < -0.39 is 53.9 Å². The summed E-state index contributed by atoms with van der Waals surface area (Å²) in [6.45, 7) is 5.07. The molecule has 5 unspecified atom stereocenters. The molecule has 0 saturated carbocycles. The van der Waals surface area contributed by atoms with Crippen LogP contribution in [0.3, 0.4) is 0 Å². The van der Waals surface area contributed by atoms with Gasteiger partial charge in [-0.25, -0.2) is 4.79 Å². The monoisotopic (exact) mass is 883 g/mol. The van der Waals surface area contributed by atoms with E-state index in [0.717, 1.165) is 25.7 Å². The van der Waals surface area contributed by atoms with Gasteiger partial charge in [-0.1, -0.05) is 96.8 Å². The van der Waals surface area contributed by atoms with Crippen molar-refractivity contribution < 1.29 is 29.1 Å². The molecule has 16 N–H and O–H groups in total. The summed E-state index contributed by atoms with van der Waals surface area (Å²) in [6, 6.07) is -4.67. The number of carbonyl (C=O) groups is 5. The summed E-state index contributed by atoms with van der Waals surface area (Å²) in [5, 5.41) is 24.4. The number of carboxylic acids is 1. The molecule has 0 saturated heterocycles. The third kappa shape index (κ3) is 31.9. The molecule has 62 heavy (non-hydrogen) atoms. The summed E-state index contributed by atoms with van der Waals surface area (Å²) >= 11 is 0. The number of aliphatic carboxylic acids is 1. The highest BCUT2D eigenvalue weighted by Crippen LogP contribution is 2.14. The molecular weight excluding hydrogens is 789 g/mol. The topological polar surface area (TPSA) is 296 Å². The molecule has 0 aliphatic heterocycles. The van der Waals surface area contributed by atoms with Crippen LogP contribution in [0.5, 0.6) is 0 Å². The number of amides is 4. The summed E-state index contributed by atoms with van der Waals surface area (Å²) in [4.78, 5) is 67.2. The number of unbranched alkanes of at least 4 members (excludes halogenated alkanes) is 18. The molecule has 0 aliphatic rings. The Morgan fingerprint density at radius 3 is 0.919 bits per heavy atom. The molecule has 16 nitrogen and oxygen atoms in total. The van der Waals surface area contributed by atoms with Crippen molar-refractivity contribution in [3.05, 3.63) is 0 Å². The standard InChI is InChI=1S/C46H94N10O6/c1-2-3-4-5-6-7-8-9-10-11-12-13-14-25-36-52-37(26-15-20-31-47)42(57)53-38(27-16-21-32-48)43(58)54-39(28-17-22-33-49)44(59)55-40(29-18-23-34-50)45(60)56-41(46(61)62)30-19-24-35-51/h37-41,52H,2-36,47-51H2,1H3,(H,53,57)(H,54,58)(H,55,59)(H,56,60)(H,61,62). The van der Waals surface area contributed by atoms with Crippen LogP contribution < -0.4 is 55.3 Å². The molecule has 0 heterocycles. The van der Waals surface area contributed by atoms with E-state index in [2.05, 4.69) is 33.5 Å². The Balaban J connectivity index is 5.66. The predicted octanol–water partition coefficient (Wildman–Crippen LogP) is 4.09. The van der Waals surface area contributed by atoms with Gasteiger partial charge in [-0.2, -0.15) is 0 Å². The minimum Gasteiger partial charge on any atom is -0.480 e. The normalized spacial score (nSPS) is 13.8. The summed E-state index contributed by atoms with van der Waals surface area (Å²) in [7, 11) is 0. The first-order valence-corrected chi connectivity index (χ1v) is 24.8. The summed E-state index contributed by atoms with van der Waals surface area (Å²) in [6.07, 6.45) is 25.5. The van der Waals surface area contributed by atoms with Gasteiger partial charge in [0.2, 0.25) is 23.6 Å². The molecule has 0 fully saturated rings. The lowest BCUT2D eigenvalue weighted by atomic mass is 10.0. The molecule has 0 spiro atoms. The molecule has 0 rings (SSSR count). The number of rotatable bonds is 45. The zero-order valence-electron chi connectivity index (χ0n) is 39.0. The quantitative estimate of drug-likeness (QED) is 0.0386. The van der Waals surface area contributed by atoms with Crippen molar-refractivity contribution in [1.82, 2.24) is 26.6 Å². The van der Waals surface area contributed by atoms with E-state index in [1.165, 1.54) is 77.0 Å². The number of hydrogen-bond acceptors (Lipinski definition) is 11. The maximum Gasteiger partial charge on any atom is 0.326 e. The Bertz CT molecular complexity index is 1140. The van der Waals surface area contributed by atoms with Crippen LogP contribution in [0.2, 0.25) is 0 Å². The van der Waals surface area contributed by atoms with Crippen molar-refractivity contribution in [3.8, 4) is 0 Å². The van der Waals surface area contributed by atoms with Crippen LogP contribution in [0, 0.1) is 0 Å². The molecular formula is C46H94N10O6. The van der Waals surface area contributed by atoms with Gasteiger partial charge in [-0.3, -0.25) is 19.2 Å². The second-order valence-corrected chi connectivity index (χ2v) is 17.1. The highest BCUT2D eigenvalue weighted by molar-refractivity contribution is 5.95. The molecule has 0 aromatic heterocycles. The Hall–Kier alpha value is -2.89. The van der Waals surface area contributed by atoms with E-state index >= 15 is 0 Å². The molecule has 0 bridgehead atoms. The average Bonchev–Trinajstić information content (AvgIpc) is 3.25. The van der Waals surface area contributed by atoms with Crippen LogP contribution in [-0.4, -0.2) is 104 Å².